The smallest absolute Gasteiger partial charge is 0.0962 e. The summed E-state index contributed by atoms with van der Waals surface area (Å²) in [5.41, 5.74) is 1.03. The highest BCUT2D eigenvalue weighted by Gasteiger charge is 2.19. The Balaban J connectivity index is 2.14. The molecule has 0 saturated heterocycles. The van der Waals surface area contributed by atoms with Crippen molar-refractivity contribution in [3.63, 3.8) is 0 Å². The summed E-state index contributed by atoms with van der Waals surface area (Å²) in [5, 5.41) is 10.4. The van der Waals surface area contributed by atoms with Crippen molar-refractivity contribution in [2.45, 2.75) is 51.6 Å². The summed E-state index contributed by atoms with van der Waals surface area (Å²) in [6.07, 6.45) is 6.65. The number of hydrogen-bond donors (Lipinski definition) is 1. The van der Waals surface area contributed by atoms with Gasteiger partial charge in [0.2, 0.25) is 0 Å². The van der Waals surface area contributed by atoms with Crippen LogP contribution >= 0.6 is 11.3 Å². The quantitative estimate of drug-likeness (QED) is 0.815. The van der Waals surface area contributed by atoms with E-state index in [2.05, 4.69) is 4.98 Å². The van der Waals surface area contributed by atoms with Crippen molar-refractivity contribution in [2.24, 2.45) is 0 Å². The van der Waals surface area contributed by atoms with Gasteiger partial charge in [0.25, 0.3) is 0 Å². The molecule has 2 rings (SSSR count). The summed E-state index contributed by atoms with van der Waals surface area (Å²) in [5.74, 6) is 0.674. The van der Waals surface area contributed by atoms with Gasteiger partial charge in [-0.2, -0.15) is 0 Å². The van der Waals surface area contributed by atoms with Crippen LogP contribution < -0.4 is 0 Å². The molecule has 3 heteroatoms. The van der Waals surface area contributed by atoms with E-state index in [0.29, 0.717) is 5.92 Å². The van der Waals surface area contributed by atoms with Crippen LogP contribution in [0.15, 0.2) is 0 Å². The molecule has 0 aromatic carbocycles. The van der Waals surface area contributed by atoms with Gasteiger partial charge in [-0.05, 0) is 19.8 Å². The number of rotatable bonds is 2. The number of aryl methyl sites for hydroxylation is 1. The summed E-state index contributed by atoms with van der Waals surface area (Å²) in [6, 6.07) is 0. The maximum Gasteiger partial charge on any atom is 0.0962 e. The second-order valence-corrected chi connectivity index (χ2v) is 5.17. The molecule has 0 amide bonds. The fourth-order valence-corrected chi connectivity index (χ4v) is 3.22. The lowest BCUT2D eigenvalue weighted by Gasteiger charge is -2.18. The van der Waals surface area contributed by atoms with Gasteiger partial charge in [-0.1, -0.05) is 19.3 Å². The minimum absolute atomic E-state index is 0.149. The molecule has 0 bridgehead atoms. The number of thiazole rings is 1. The molecule has 1 fully saturated rings. The molecule has 0 unspecified atom stereocenters. The van der Waals surface area contributed by atoms with Gasteiger partial charge < -0.3 is 5.11 Å². The molecular weight excluding hydrogens is 194 g/mol. The van der Waals surface area contributed by atoms with Gasteiger partial charge in [0.15, 0.2) is 0 Å². The molecule has 0 atom stereocenters. The SMILES string of the molecule is Cc1nc(C2CCCCC2)sc1CO. The first-order chi connectivity index (χ1) is 6.81. The van der Waals surface area contributed by atoms with Crippen LogP contribution in [0.4, 0.5) is 0 Å². The highest BCUT2D eigenvalue weighted by atomic mass is 32.1. The Hall–Kier alpha value is -0.410. The lowest BCUT2D eigenvalue weighted by atomic mass is 9.90. The highest BCUT2D eigenvalue weighted by Crippen LogP contribution is 2.35. The van der Waals surface area contributed by atoms with Crippen molar-refractivity contribution in [2.75, 3.05) is 0 Å². The van der Waals surface area contributed by atoms with Gasteiger partial charge in [0, 0.05) is 5.92 Å². The number of nitrogens with zero attached hydrogens (tertiary/aromatic N) is 1. The third-order valence-corrected chi connectivity index (χ3v) is 4.31. The summed E-state index contributed by atoms with van der Waals surface area (Å²) in [7, 11) is 0. The Bertz CT molecular complexity index is 302. The molecule has 1 aromatic heterocycles. The summed E-state index contributed by atoms with van der Waals surface area (Å²) in [4.78, 5) is 5.61. The number of aliphatic hydroxyl groups excluding tert-OH is 1. The van der Waals surface area contributed by atoms with Crippen LogP contribution in [-0.4, -0.2) is 10.1 Å². The Kier molecular flexibility index (Phi) is 3.19. The topological polar surface area (TPSA) is 33.1 Å². The lowest BCUT2D eigenvalue weighted by molar-refractivity contribution is 0.284. The molecule has 1 aromatic rings. The minimum atomic E-state index is 0.149. The summed E-state index contributed by atoms with van der Waals surface area (Å²) >= 11 is 1.70. The number of hydrogen-bond acceptors (Lipinski definition) is 3. The summed E-state index contributed by atoms with van der Waals surface area (Å²) in [6.45, 7) is 2.14. The monoisotopic (exact) mass is 211 g/mol. The van der Waals surface area contributed by atoms with Crippen molar-refractivity contribution in [1.82, 2.24) is 4.98 Å². The van der Waals surface area contributed by atoms with E-state index in [1.807, 2.05) is 6.92 Å². The lowest BCUT2D eigenvalue weighted by Crippen LogP contribution is -2.03. The van der Waals surface area contributed by atoms with Crippen molar-refractivity contribution < 1.29 is 5.11 Å². The van der Waals surface area contributed by atoms with E-state index in [-0.39, 0.29) is 6.61 Å². The van der Waals surface area contributed by atoms with E-state index in [1.54, 1.807) is 11.3 Å². The Morgan fingerprint density at radius 1 is 1.36 bits per heavy atom. The fourth-order valence-electron chi connectivity index (χ4n) is 2.12. The van der Waals surface area contributed by atoms with E-state index in [9.17, 15) is 0 Å². The molecule has 2 nitrogen and oxygen atoms in total. The average molecular weight is 211 g/mol. The first-order valence-corrected chi connectivity index (χ1v) is 6.20. The van der Waals surface area contributed by atoms with Crippen LogP contribution in [0.3, 0.4) is 0 Å². The minimum Gasteiger partial charge on any atom is -0.391 e. The fraction of sp³-hybridized carbons (Fsp3) is 0.727. The maximum atomic E-state index is 9.10. The van der Waals surface area contributed by atoms with Crippen LogP contribution in [0.2, 0.25) is 0 Å². The van der Waals surface area contributed by atoms with Gasteiger partial charge in [-0.3, -0.25) is 0 Å². The van der Waals surface area contributed by atoms with Gasteiger partial charge >= 0.3 is 0 Å². The van der Waals surface area contributed by atoms with Crippen molar-refractivity contribution >= 4 is 11.3 Å². The largest absolute Gasteiger partial charge is 0.391 e. The van der Waals surface area contributed by atoms with E-state index in [1.165, 1.54) is 37.1 Å². The molecule has 1 aliphatic carbocycles. The second kappa shape index (κ2) is 4.41. The predicted molar refractivity (Wildman–Crippen MR) is 58.6 cm³/mol. The highest BCUT2D eigenvalue weighted by molar-refractivity contribution is 7.11. The maximum absolute atomic E-state index is 9.10. The van der Waals surface area contributed by atoms with Crippen LogP contribution in [0, 0.1) is 6.92 Å². The number of aromatic nitrogens is 1. The van der Waals surface area contributed by atoms with Crippen LogP contribution in [-0.2, 0) is 6.61 Å². The normalized spacial score (nSPS) is 18.7. The molecule has 1 heterocycles. The Labute approximate surface area is 89.0 Å². The Morgan fingerprint density at radius 3 is 2.64 bits per heavy atom. The summed E-state index contributed by atoms with van der Waals surface area (Å²) < 4.78 is 0. The molecule has 0 radical (unpaired) electrons. The van der Waals surface area contributed by atoms with Crippen molar-refractivity contribution in [1.29, 1.82) is 0 Å². The third kappa shape index (κ3) is 1.98. The zero-order chi connectivity index (χ0) is 9.97. The number of aliphatic hydroxyl groups is 1. The predicted octanol–water partition coefficient (Wildman–Crippen LogP) is 2.99. The van der Waals surface area contributed by atoms with Crippen LogP contribution in [0.1, 0.15) is 53.6 Å². The molecule has 14 heavy (non-hydrogen) atoms. The molecule has 0 aliphatic heterocycles. The third-order valence-electron chi connectivity index (χ3n) is 3.01. The van der Waals surface area contributed by atoms with E-state index < -0.39 is 0 Å². The average Bonchev–Trinajstić information content (AvgIpc) is 2.61. The van der Waals surface area contributed by atoms with Crippen LogP contribution in [0.25, 0.3) is 0 Å². The zero-order valence-electron chi connectivity index (χ0n) is 8.62. The second-order valence-electron chi connectivity index (χ2n) is 4.05. The van der Waals surface area contributed by atoms with Gasteiger partial charge in [-0.25, -0.2) is 4.98 Å². The Morgan fingerprint density at radius 2 is 2.07 bits per heavy atom. The molecular formula is C11H17NOS. The van der Waals surface area contributed by atoms with Gasteiger partial charge in [0.1, 0.15) is 0 Å². The molecule has 1 saturated carbocycles. The van der Waals surface area contributed by atoms with E-state index >= 15 is 0 Å². The first kappa shape index (κ1) is 10.1. The standard InChI is InChI=1S/C11H17NOS/c1-8-10(7-13)14-11(12-8)9-5-3-2-4-6-9/h9,13H,2-7H2,1H3. The van der Waals surface area contributed by atoms with E-state index in [4.69, 9.17) is 5.11 Å². The van der Waals surface area contributed by atoms with Crippen molar-refractivity contribution in [3.8, 4) is 0 Å². The van der Waals surface area contributed by atoms with Gasteiger partial charge in [-0.15, -0.1) is 11.3 Å². The molecule has 1 aliphatic rings. The molecule has 1 N–H and O–H groups in total. The van der Waals surface area contributed by atoms with Crippen molar-refractivity contribution in [3.05, 3.63) is 15.6 Å². The first-order valence-electron chi connectivity index (χ1n) is 5.38. The zero-order valence-corrected chi connectivity index (χ0v) is 9.44. The van der Waals surface area contributed by atoms with Gasteiger partial charge in [0.05, 0.1) is 22.2 Å². The molecule has 0 spiro atoms. The van der Waals surface area contributed by atoms with Crippen LogP contribution in [0.5, 0.6) is 0 Å². The van der Waals surface area contributed by atoms with E-state index in [0.717, 1.165) is 10.6 Å². The molecule has 78 valence electrons.